The van der Waals surface area contributed by atoms with E-state index in [4.69, 9.17) is 4.84 Å². The van der Waals surface area contributed by atoms with Gasteiger partial charge < -0.3 is 9.74 Å². The summed E-state index contributed by atoms with van der Waals surface area (Å²) in [7, 11) is 2.21. The van der Waals surface area contributed by atoms with Crippen LogP contribution in [0.5, 0.6) is 0 Å². The maximum atomic E-state index is 4.71. The molecule has 0 N–H and O–H groups in total. The van der Waals surface area contributed by atoms with Crippen LogP contribution in [0.3, 0.4) is 0 Å². The highest BCUT2D eigenvalue weighted by atomic mass is 16.7. The summed E-state index contributed by atoms with van der Waals surface area (Å²) in [5.41, 5.74) is 3.40. The van der Waals surface area contributed by atoms with Gasteiger partial charge in [0.15, 0.2) is 11.8 Å². The fraction of sp³-hybridized carbons (Fsp3) is 0.647. The minimum atomic E-state index is 0.729. The van der Waals surface area contributed by atoms with E-state index in [0.717, 1.165) is 18.8 Å². The van der Waals surface area contributed by atoms with Crippen LogP contribution in [0.15, 0.2) is 41.9 Å². The first kappa shape index (κ1) is 19.6. The largest absolute Gasteiger partial charge is 0.306 e. The first-order chi connectivity index (χ1) is 10.1. The van der Waals surface area contributed by atoms with Gasteiger partial charge in [-0.1, -0.05) is 36.3 Å². The topological polar surface area (TPSA) is 27.8 Å². The molecule has 0 aromatic carbocycles. The van der Waals surface area contributed by atoms with Gasteiger partial charge in [-0.3, -0.25) is 0 Å². The van der Waals surface area contributed by atoms with Crippen LogP contribution in [-0.4, -0.2) is 42.8 Å². The molecule has 0 fully saturated rings. The minimum absolute atomic E-state index is 0.729. The number of hydrogen-bond acceptors (Lipinski definition) is 3. The van der Waals surface area contributed by atoms with E-state index >= 15 is 0 Å². The highest BCUT2D eigenvalue weighted by Gasteiger charge is 2.16. The Morgan fingerprint density at radius 3 is 2.19 bits per heavy atom. The van der Waals surface area contributed by atoms with Crippen molar-refractivity contribution in [3.05, 3.63) is 36.6 Å². The van der Waals surface area contributed by atoms with E-state index in [2.05, 4.69) is 50.8 Å². The van der Waals surface area contributed by atoms with Crippen LogP contribution in [0.25, 0.3) is 0 Å². The predicted octanol–water partition coefficient (Wildman–Crippen LogP) is 4.17. The van der Waals surface area contributed by atoms with Crippen LogP contribution in [0.2, 0.25) is 0 Å². The molecule has 0 spiro atoms. The van der Waals surface area contributed by atoms with E-state index in [1.54, 1.807) is 11.1 Å². The second-order valence-corrected chi connectivity index (χ2v) is 5.09. The van der Waals surface area contributed by atoms with Crippen molar-refractivity contribution < 1.29 is 9.53 Å². The van der Waals surface area contributed by atoms with E-state index in [9.17, 15) is 0 Å². The maximum Gasteiger partial charge on any atom is 0.231 e. The van der Waals surface area contributed by atoms with Crippen LogP contribution < -0.4 is 0 Å². The summed E-state index contributed by atoms with van der Waals surface area (Å²) < 4.78 is 1.81. The van der Waals surface area contributed by atoms with Crippen LogP contribution in [0, 0.1) is 0 Å². The van der Waals surface area contributed by atoms with E-state index < -0.39 is 0 Å². The smallest absolute Gasteiger partial charge is 0.231 e. The Hall–Kier alpha value is -1.42. The van der Waals surface area contributed by atoms with Crippen LogP contribution in [-0.2, 0) is 4.84 Å². The molecule has 0 aliphatic carbocycles. The molecule has 2 aliphatic rings. The summed E-state index contributed by atoms with van der Waals surface area (Å²) in [6.45, 7) is 20.3. The molecule has 120 valence electrons. The van der Waals surface area contributed by atoms with Crippen molar-refractivity contribution in [3.63, 3.8) is 0 Å². The van der Waals surface area contributed by atoms with Crippen molar-refractivity contribution in [2.45, 2.75) is 40.0 Å². The Kier molecular flexibility index (Phi) is 10.5. The minimum Gasteiger partial charge on any atom is -0.306 e. The Morgan fingerprint density at radius 2 is 1.81 bits per heavy atom. The third-order valence-corrected chi connectivity index (χ3v) is 3.62. The quantitative estimate of drug-likeness (QED) is 0.577. The Bertz CT molecular complexity index is 385. The molecule has 4 heteroatoms. The highest BCUT2D eigenvalue weighted by molar-refractivity contribution is 5.18. The molecule has 0 aromatic rings. The van der Waals surface area contributed by atoms with E-state index in [1.165, 1.54) is 32.4 Å². The third-order valence-electron chi connectivity index (χ3n) is 3.62. The fourth-order valence-corrected chi connectivity index (χ4v) is 2.35. The molecule has 0 amide bonds. The SMILES string of the molecule is C=C.C=C1C[N+](CC)=NO1.CCC1=C(CC)CN(C)CC1. The molecule has 0 radical (unpaired) electrons. The molecule has 21 heavy (non-hydrogen) atoms. The average Bonchev–Trinajstić information content (AvgIpc) is 2.95. The van der Waals surface area contributed by atoms with Gasteiger partial charge in [-0.25, -0.2) is 0 Å². The highest BCUT2D eigenvalue weighted by Crippen LogP contribution is 2.21. The van der Waals surface area contributed by atoms with Gasteiger partial charge in [-0.2, -0.15) is 0 Å². The van der Waals surface area contributed by atoms with Crippen molar-refractivity contribution >= 4 is 0 Å². The molecule has 0 saturated heterocycles. The van der Waals surface area contributed by atoms with Crippen LogP contribution in [0.1, 0.15) is 40.0 Å². The second kappa shape index (κ2) is 11.3. The van der Waals surface area contributed by atoms with Crippen LogP contribution >= 0.6 is 0 Å². The van der Waals surface area contributed by atoms with Crippen LogP contribution in [0.4, 0.5) is 0 Å². The molecular formula is C17H32N3O+. The zero-order valence-corrected chi connectivity index (χ0v) is 14.3. The second-order valence-electron chi connectivity index (χ2n) is 5.09. The summed E-state index contributed by atoms with van der Waals surface area (Å²) in [4.78, 5) is 7.13. The monoisotopic (exact) mass is 294 g/mol. The first-order valence-corrected chi connectivity index (χ1v) is 7.79. The number of rotatable bonds is 3. The third kappa shape index (κ3) is 7.23. The van der Waals surface area contributed by atoms with Gasteiger partial charge in [0, 0.05) is 13.1 Å². The summed E-state index contributed by atoms with van der Waals surface area (Å²) in [5, 5.41) is 3.67. The van der Waals surface area contributed by atoms with E-state index in [0.29, 0.717) is 0 Å². The lowest BCUT2D eigenvalue weighted by atomic mass is 9.96. The molecule has 4 nitrogen and oxygen atoms in total. The summed E-state index contributed by atoms with van der Waals surface area (Å²) in [6, 6.07) is 0. The molecule has 0 atom stereocenters. The Balaban J connectivity index is 0.000000354. The zero-order chi connectivity index (χ0) is 16.3. The van der Waals surface area contributed by atoms with E-state index in [1.807, 2.05) is 11.6 Å². The van der Waals surface area contributed by atoms with Gasteiger partial charge in [-0.15, -0.1) is 13.2 Å². The summed E-state index contributed by atoms with van der Waals surface area (Å²) >= 11 is 0. The zero-order valence-electron chi connectivity index (χ0n) is 14.3. The van der Waals surface area contributed by atoms with Crippen molar-refractivity contribution in [1.82, 2.24) is 4.90 Å². The molecule has 2 heterocycles. The van der Waals surface area contributed by atoms with E-state index in [-0.39, 0.29) is 0 Å². The molecule has 2 rings (SSSR count). The number of nitrogens with zero attached hydrogens (tertiary/aromatic N) is 3. The molecular weight excluding hydrogens is 262 g/mol. The normalized spacial score (nSPS) is 18.1. The lowest BCUT2D eigenvalue weighted by molar-refractivity contribution is -0.583. The summed E-state index contributed by atoms with van der Waals surface area (Å²) in [5.74, 6) is 0.729. The standard InChI is InChI=1S/C10H19N.C5H9N2O.C2H4/c1-4-9-6-7-11(3)8-10(9)5-2;1-3-7-4-5(2)8-6-7;1-2/h4-8H2,1-3H3;2-4H2,1H3;1-2H2/q;+1;. The van der Waals surface area contributed by atoms with Crippen molar-refractivity contribution in [1.29, 1.82) is 0 Å². The number of likely N-dealkylation sites (N-methyl/N-ethyl adjacent to an activating group) is 2. The molecule has 0 unspecified atom stereocenters. The Morgan fingerprint density at radius 1 is 1.19 bits per heavy atom. The predicted molar refractivity (Wildman–Crippen MR) is 89.3 cm³/mol. The average molecular weight is 294 g/mol. The molecule has 0 bridgehead atoms. The van der Waals surface area contributed by atoms with Gasteiger partial charge >= 0.3 is 0 Å². The molecule has 0 aromatic heterocycles. The van der Waals surface area contributed by atoms with Gasteiger partial charge in [0.1, 0.15) is 0 Å². The Labute approximate surface area is 130 Å². The van der Waals surface area contributed by atoms with Gasteiger partial charge in [0.25, 0.3) is 0 Å². The molecule has 2 aliphatic heterocycles. The fourth-order valence-electron chi connectivity index (χ4n) is 2.35. The van der Waals surface area contributed by atoms with Crippen molar-refractivity contribution in [3.8, 4) is 0 Å². The van der Waals surface area contributed by atoms with Gasteiger partial charge in [0.2, 0.25) is 12.3 Å². The number of hydrogen-bond donors (Lipinski definition) is 0. The molecule has 0 saturated carbocycles. The van der Waals surface area contributed by atoms with Gasteiger partial charge in [-0.05, 0) is 33.2 Å². The van der Waals surface area contributed by atoms with Crippen molar-refractivity contribution in [2.75, 3.05) is 33.2 Å². The lowest BCUT2D eigenvalue weighted by Crippen LogP contribution is -2.27. The summed E-state index contributed by atoms with van der Waals surface area (Å²) in [6.07, 6.45) is 3.81. The van der Waals surface area contributed by atoms with Gasteiger partial charge in [0.05, 0.1) is 0 Å². The van der Waals surface area contributed by atoms with Crippen molar-refractivity contribution in [2.24, 2.45) is 5.28 Å². The maximum absolute atomic E-state index is 4.71. The first-order valence-electron chi connectivity index (χ1n) is 7.79. The lowest BCUT2D eigenvalue weighted by Gasteiger charge is -2.26.